The number of nitrogens with zero attached hydrogens (tertiary/aromatic N) is 1. The molecule has 118 valence electrons. The van der Waals surface area contributed by atoms with Gasteiger partial charge in [0.2, 0.25) is 0 Å². The summed E-state index contributed by atoms with van der Waals surface area (Å²) in [5.74, 6) is -0.747. The van der Waals surface area contributed by atoms with Crippen LogP contribution in [0.4, 0.5) is 0 Å². The van der Waals surface area contributed by atoms with Crippen LogP contribution in [0.1, 0.15) is 36.8 Å². The van der Waals surface area contributed by atoms with Crippen LogP contribution in [0.25, 0.3) is 0 Å². The molecule has 22 heavy (non-hydrogen) atoms. The number of rotatable bonds is 4. The molecule has 1 aromatic carbocycles. The third-order valence-electron chi connectivity index (χ3n) is 4.64. The summed E-state index contributed by atoms with van der Waals surface area (Å²) in [6.07, 6.45) is 2.08. The summed E-state index contributed by atoms with van der Waals surface area (Å²) in [5.41, 5.74) is 2.41. The standard InChI is InChI=1S/C17H21NO4/c1-12-2-4-13(5-3-12)15-10-14(22-18-15)11-17(16(19)20)6-8-21-9-7-17/h2-5,14H,6-11H2,1H3,(H,19,20)/t14-/m1/s1. The molecule has 0 unspecified atom stereocenters. The molecular weight excluding hydrogens is 282 g/mol. The van der Waals surface area contributed by atoms with E-state index in [0.29, 0.717) is 38.9 Å². The van der Waals surface area contributed by atoms with E-state index in [2.05, 4.69) is 5.16 Å². The summed E-state index contributed by atoms with van der Waals surface area (Å²) in [5, 5.41) is 13.8. The predicted octanol–water partition coefficient (Wildman–Crippen LogP) is 2.76. The van der Waals surface area contributed by atoms with E-state index in [1.54, 1.807) is 0 Å². The molecule has 0 radical (unpaired) electrons. The van der Waals surface area contributed by atoms with Crippen LogP contribution in [0.15, 0.2) is 29.4 Å². The second-order valence-corrected chi connectivity index (χ2v) is 6.24. The molecule has 1 atom stereocenters. The van der Waals surface area contributed by atoms with Crippen molar-refractivity contribution < 1.29 is 19.5 Å². The Labute approximate surface area is 129 Å². The number of aliphatic carboxylic acids is 1. The zero-order valence-electron chi connectivity index (χ0n) is 12.7. The van der Waals surface area contributed by atoms with Gasteiger partial charge in [0.15, 0.2) is 0 Å². The third-order valence-corrected chi connectivity index (χ3v) is 4.64. The minimum atomic E-state index is -0.747. The fourth-order valence-corrected chi connectivity index (χ4v) is 3.16. The molecule has 1 saturated heterocycles. The van der Waals surface area contributed by atoms with Gasteiger partial charge in [0, 0.05) is 26.1 Å². The van der Waals surface area contributed by atoms with Crippen LogP contribution in [0.3, 0.4) is 0 Å². The van der Waals surface area contributed by atoms with Gasteiger partial charge in [-0.05, 0) is 25.3 Å². The fraction of sp³-hybridized carbons (Fsp3) is 0.529. The van der Waals surface area contributed by atoms with Crippen LogP contribution in [0, 0.1) is 12.3 Å². The second kappa shape index (κ2) is 6.08. The minimum Gasteiger partial charge on any atom is -0.481 e. The molecule has 0 bridgehead atoms. The van der Waals surface area contributed by atoms with E-state index in [0.717, 1.165) is 11.3 Å². The van der Waals surface area contributed by atoms with Crippen molar-refractivity contribution in [2.45, 2.75) is 38.7 Å². The van der Waals surface area contributed by atoms with Gasteiger partial charge in [-0.3, -0.25) is 4.79 Å². The lowest BCUT2D eigenvalue weighted by molar-refractivity contribution is -0.158. The van der Waals surface area contributed by atoms with E-state index in [1.807, 2.05) is 31.2 Å². The van der Waals surface area contributed by atoms with Crippen LogP contribution >= 0.6 is 0 Å². The van der Waals surface area contributed by atoms with Crippen molar-refractivity contribution in [1.82, 2.24) is 0 Å². The molecule has 0 spiro atoms. The Morgan fingerprint density at radius 3 is 2.64 bits per heavy atom. The highest BCUT2D eigenvalue weighted by molar-refractivity contribution is 6.01. The fourth-order valence-electron chi connectivity index (χ4n) is 3.16. The van der Waals surface area contributed by atoms with Gasteiger partial charge in [0.25, 0.3) is 0 Å². The highest BCUT2D eigenvalue weighted by Crippen LogP contribution is 2.38. The smallest absolute Gasteiger partial charge is 0.309 e. The minimum absolute atomic E-state index is 0.162. The van der Waals surface area contributed by atoms with Crippen molar-refractivity contribution in [2.75, 3.05) is 13.2 Å². The maximum absolute atomic E-state index is 11.7. The van der Waals surface area contributed by atoms with Gasteiger partial charge in [0.05, 0.1) is 11.1 Å². The maximum Gasteiger partial charge on any atom is 0.309 e. The summed E-state index contributed by atoms with van der Waals surface area (Å²) >= 11 is 0. The Morgan fingerprint density at radius 1 is 1.32 bits per heavy atom. The van der Waals surface area contributed by atoms with Crippen molar-refractivity contribution in [3.05, 3.63) is 35.4 Å². The van der Waals surface area contributed by atoms with Crippen molar-refractivity contribution >= 4 is 11.7 Å². The average Bonchev–Trinajstić information content (AvgIpc) is 2.97. The number of carboxylic acid groups (broad SMARTS) is 1. The Bertz CT molecular complexity index is 573. The lowest BCUT2D eigenvalue weighted by Gasteiger charge is -2.34. The first-order chi connectivity index (χ1) is 10.6. The Kier molecular flexibility index (Phi) is 4.16. The van der Waals surface area contributed by atoms with Crippen LogP contribution in [-0.2, 0) is 14.4 Å². The highest BCUT2D eigenvalue weighted by atomic mass is 16.6. The van der Waals surface area contributed by atoms with Crippen LogP contribution < -0.4 is 0 Å². The first-order valence-corrected chi connectivity index (χ1v) is 7.70. The van der Waals surface area contributed by atoms with E-state index < -0.39 is 11.4 Å². The predicted molar refractivity (Wildman–Crippen MR) is 81.9 cm³/mol. The van der Waals surface area contributed by atoms with Crippen LogP contribution in [0.5, 0.6) is 0 Å². The van der Waals surface area contributed by atoms with E-state index >= 15 is 0 Å². The molecule has 0 aromatic heterocycles. The first kappa shape index (κ1) is 15.0. The molecule has 0 aliphatic carbocycles. The molecule has 0 saturated carbocycles. The molecule has 5 heteroatoms. The summed E-state index contributed by atoms with van der Waals surface area (Å²) in [6.45, 7) is 3.05. The summed E-state index contributed by atoms with van der Waals surface area (Å²) in [4.78, 5) is 17.2. The average molecular weight is 303 g/mol. The molecule has 5 nitrogen and oxygen atoms in total. The van der Waals surface area contributed by atoms with Gasteiger partial charge >= 0.3 is 5.97 Å². The summed E-state index contributed by atoms with van der Waals surface area (Å²) in [6, 6.07) is 8.15. The lowest BCUT2D eigenvalue weighted by Crippen LogP contribution is -2.40. The third kappa shape index (κ3) is 2.99. The van der Waals surface area contributed by atoms with Crippen molar-refractivity contribution in [1.29, 1.82) is 0 Å². The molecule has 2 aliphatic rings. The van der Waals surface area contributed by atoms with Crippen LogP contribution in [0.2, 0.25) is 0 Å². The molecule has 2 aliphatic heterocycles. The van der Waals surface area contributed by atoms with Gasteiger partial charge in [-0.25, -0.2) is 0 Å². The van der Waals surface area contributed by atoms with Crippen molar-refractivity contribution in [3.63, 3.8) is 0 Å². The molecule has 1 fully saturated rings. The normalized spacial score (nSPS) is 23.7. The molecule has 2 heterocycles. The van der Waals surface area contributed by atoms with E-state index in [4.69, 9.17) is 9.57 Å². The number of carbonyl (C=O) groups is 1. The van der Waals surface area contributed by atoms with Gasteiger partial charge in [-0.15, -0.1) is 0 Å². The van der Waals surface area contributed by atoms with E-state index in [-0.39, 0.29) is 6.10 Å². The van der Waals surface area contributed by atoms with Crippen molar-refractivity contribution in [3.8, 4) is 0 Å². The summed E-state index contributed by atoms with van der Waals surface area (Å²) in [7, 11) is 0. The Balaban J connectivity index is 1.66. The monoisotopic (exact) mass is 303 g/mol. The Morgan fingerprint density at radius 2 is 2.00 bits per heavy atom. The van der Waals surface area contributed by atoms with Gasteiger partial charge < -0.3 is 14.7 Å². The topological polar surface area (TPSA) is 68.1 Å². The maximum atomic E-state index is 11.7. The number of benzene rings is 1. The van der Waals surface area contributed by atoms with Gasteiger partial charge in [0.1, 0.15) is 6.10 Å². The zero-order chi connectivity index (χ0) is 15.6. The van der Waals surface area contributed by atoms with Crippen molar-refractivity contribution in [2.24, 2.45) is 10.6 Å². The van der Waals surface area contributed by atoms with Crippen LogP contribution in [-0.4, -0.2) is 36.1 Å². The van der Waals surface area contributed by atoms with Gasteiger partial charge in [-0.2, -0.15) is 0 Å². The number of carboxylic acids is 1. The number of aryl methyl sites for hydroxylation is 1. The van der Waals surface area contributed by atoms with Gasteiger partial charge in [-0.1, -0.05) is 35.0 Å². The zero-order valence-corrected chi connectivity index (χ0v) is 12.7. The van der Waals surface area contributed by atoms with E-state index in [9.17, 15) is 9.90 Å². The lowest BCUT2D eigenvalue weighted by atomic mass is 9.75. The molecule has 3 rings (SSSR count). The quantitative estimate of drug-likeness (QED) is 0.928. The largest absolute Gasteiger partial charge is 0.481 e. The first-order valence-electron chi connectivity index (χ1n) is 7.70. The number of oxime groups is 1. The number of hydrogen-bond donors (Lipinski definition) is 1. The molecule has 1 aromatic rings. The number of hydrogen-bond acceptors (Lipinski definition) is 4. The molecular formula is C17H21NO4. The molecule has 0 amide bonds. The highest BCUT2D eigenvalue weighted by Gasteiger charge is 2.43. The Hall–Kier alpha value is -1.88. The van der Waals surface area contributed by atoms with E-state index in [1.165, 1.54) is 5.56 Å². The SMILES string of the molecule is Cc1ccc(C2=NO[C@@H](CC3(C(=O)O)CCOCC3)C2)cc1. The molecule has 1 N–H and O–H groups in total. The number of ether oxygens (including phenoxy) is 1. The second-order valence-electron chi connectivity index (χ2n) is 6.24. The summed E-state index contributed by atoms with van der Waals surface area (Å²) < 4.78 is 5.31.